The summed E-state index contributed by atoms with van der Waals surface area (Å²) in [5.74, 6) is 0.0530. The first-order chi connectivity index (χ1) is 13.5. The zero-order valence-electron chi connectivity index (χ0n) is 15.6. The minimum atomic E-state index is -0.666. The molecule has 3 aromatic rings. The second-order valence-corrected chi connectivity index (χ2v) is 7.00. The van der Waals surface area contributed by atoms with Crippen molar-refractivity contribution in [3.05, 3.63) is 75.2 Å². The molecule has 0 atom stereocenters. The topological polar surface area (TPSA) is 97.4 Å². The standard InChI is InChI=1S/C21H21N3O4/c1-13-8-9-17(22-11-13)23-20(26)18-19(25)15-6-2-3-7-16(15)24(21(18)27)12-14-5-4-10-28-14/h4-5,8-11,25H,2-3,6-7,12H2,1H3,(H,22,23,26). The molecule has 144 valence electrons. The molecular formula is C21H21N3O4. The van der Waals surface area contributed by atoms with E-state index in [1.165, 1.54) is 0 Å². The fraction of sp³-hybridized carbons (Fsp3) is 0.286. The predicted molar refractivity (Wildman–Crippen MR) is 104 cm³/mol. The molecule has 0 spiro atoms. The van der Waals surface area contributed by atoms with Gasteiger partial charge in [0.1, 0.15) is 22.9 Å². The quantitative estimate of drug-likeness (QED) is 0.726. The van der Waals surface area contributed by atoms with Gasteiger partial charge in [-0.25, -0.2) is 4.98 Å². The molecule has 3 heterocycles. The Morgan fingerprint density at radius 1 is 1.29 bits per heavy atom. The molecule has 0 unspecified atom stereocenters. The van der Waals surface area contributed by atoms with Gasteiger partial charge in [-0.3, -0.25) is 9.59 Å². The lowest BCUT2D eigenvalue weighted by Crippen LogP contribution is -2.34. The number of hydrogen-bond acceptors (Lipinski definition) is 5. The van der Waals surface area contributed by atoms with Crippen LogP contribution in [-0.2, 0) is 19.4 Å². The van der Waals surface area contributed by atoms with Gasteiger partial charge >= 0.3 is 0 Å². The lowest BCUT2D eigenvalue weighted by molar-refractivity contribution is 0.102. The number of nitrogens with zero attached hydrogens (tertiary/aromatic N) is 2. The van der Waals surface area contributed by atoms with Crippen LogP contribution in [0.2, 0.25) is 0 Å². The fourth-order valence-corrected chi connectivity index (χ4v) is 3.60. The second kappa shape index (κ2) is 7.34. The Kier molecular flexibility index (Phi) is 4.73. The highest BCUT2D eigenvalue weighted by molar-refractivity contribution is 6.05. The van der Waals surface area contributed by atoms with Crippen LogP contribution in [0.3, 0.4) is 0 Å². The monoisotopic (exact) mass is 379 g/mol. The summed E-state index contributed by atoms with van der Waals surface area (Å²) in [6, 6.07) is 7.00. The van der Waals surface area contributed by atoms with Crippen molar-refractivity contribution >= 4 is 11.7 Å². The molecule has 7 nitrogen and oxygen atoms in total. The molecule has 28 heavy (non-hydrogen) atoms. The Morgan fingerprint density at radius 3 is 2.82 bits per heavy atom. The highest BCUT2D eigenvalue weighted by atomic mass is 16.3. The summed E-state index contributed by atoms with van der Waals surface area (Å²) in [4.78, 5) is 30.1. The first kappa shape index (κ1) is 18.0. The van der Waals surface area contributed by atoms with Gasteiger partial charge in [-0.05, 0) is 56.4 Å². The van der Waals surface area contributed by atoms with Gasteiger partial charge in [0, 0.05) is 17.5 Å². The van der Waals surface area contributed by atoms with Gasteiger partial charge in [-0.1, -0.05) is 6.07 Å². The van der Waals surface area contributed by atoms with E-state index in [0.717, 1.165) is 24.1 Å². The number of nitrogens with one attached hydrogen (secondary N) is 1. The summed E-state index contributed by atoms with van der Waals surface area (Å²) in [5, 5.41) is 13.4. The lowest BCUT2D eigenvalue weighted by Gasteiger charge is -2.23. The predicted octanol–water partition coefficient (Wildman–Crippen LogP) is 3.03. The highest BCUT2D eigenvalue weighted by Crippen LogP contribution is 2.31. The lowest BCUT2D eigenvalue weighted by atomic mass is 9.93. The molecule has 0 radical (unpaired) electrons. The Morgan fingerprint density at radius 2 is 2.11 bits per heavy atom. The number of amides is 1. The van der Waals surface area contributed by atoms with Crippen molar-refractivity contribution in [3.8, 4) is 5.75 Å². The Bertz CT molecular complexity index is 1070. The van der Waals surface area contributed by atoms with E-state index in [4.69, 9.17) is 4.42 Å². The van der Waals surface area contributed by atoms with Crippen molar-refractivity contribution in [2.45, 2.75) is 39.2 Å². The number of anilines is 1. The molecule has 1 amide bonds. The van der Waals surface area contributed by atoms with Gasteiger partial charge in [0.15, 0.2) is 0 Å². The maximum Gasteiger partial charge on any atom is 0.267 e. The highest BCUT2D eigenvalue weighted by Gasteiger charge is 2.27. The number of fused-ring (bicyclic) bond motifs is 1. The maximum atomic E-state index is 13.2. The van der Waals surface area contributed by atoms with Crippen LogP contribution in [0.4, 0.5) is 5.82 Å². The fourth-order valence-electron chi connectivity index (χ4n) is 3.60. The number of carbonyl (C=O) groups is 1. The van der Waals surface area contributed by atoms with Gasteiger partial charge < -0.3 is 19.4 Å². The minimum Gasteiger partial charge on any atom is -0.507 e. The van der Waals surface area contributed by atoms with Crippen LogP contribution >= 0.6 is 0 Å². The zero-order chi connectivity index (χ0) is 19.7. The largest absolute Gasteiger partial charge is 0.507 e. The molecule has 1 aliphatic rings. The summed E-state index contributed by atoms with van der Waals surface area (Å²) >= 11 is 0. The molecular weight excluding hydrogens is 358 g/mol. The number of hydrogen-bond donors (Lipinski definition) is 2. The Balaban J connectivity index is 1.79. The molecule has 2 N–H and O–H groups in total. The van der Waals surface area contributed by atoms with E-state index < -0.39 is 11.5 Å². The van der Waals surface area contributed by atoms with E-state index in [9.17, 15) is 14.7 Å². The van der Waals surface area contributed by atoms with E-state index in [1.54, 1.807) is 35.2 Å². The first-order valence-corrected chi connectivity index (χ1v) is 9.28. The van der Waals surface area contributed by atoms with Crippen molar-refractivity contribution in [3.63, 3.8) is 0 Å². The third-order valence-corrected chi connectivity index (χ3v) is 5.02. The molecule has 0 bridgehead atoms. The first-order valence-electron chi connectivity index (χ1n) is 9.28. The summed E-state index contributed by atoms with van der Waals surface area (Å²) in [6.07, 6.45) is 6.31. The van der Waals surface area contributed by atoms with Gasteiger partial charge in [-0.2, -0.15) is 0 Å². The van der Waals surface area contributed by atoms with Crippen LogP contribution in [0.15, 0.2) is 45.9 Å². The molecule has 0 saturated heterocycles. The van der Waals surface area contributed by atoms with E-state index in [2.05, 4.69) is 10.3 Å². The normalized spacial score (nSPS) is 13.2. The van der Waals surface area contributed by atoms with Crippen molar-refractivity contribution in [2.24, 2.45) is 0 Å². The number of aromatic nitrogens is 2. The summed E-state index contributed by atoms with van der Waals surface area (Å²) in [5.41, 5.74) is 1.61. The van der Waals surface area contributed by atoms with Crippen molar-refractivity contribution in [2.75, 3.05) is 5.32 Å². The number of aromatic hydroxyl groups is 1. The van der Waals surface area contributed by atoms with Crippen LogP contribution in [0, 0.1) is 6.92 Å². The molecule has 0 fully saturated rings. The maximum absolute atomic E-state index is 13.2. The second-order valence-electron chi connectivity index (χ2n) is 7.00. The molecule has 0 saturated carbocycles. The van der Waals surface area contributed by atoms with Crippen molar-refractivity contribution in [1.29, 1.82) is 0 Å². The molecule has 1 aliphatic carbocycles. The molecule has 3 aromatic heterocycles. The van der Waals surface area contributed by atoms with E-state index in [-0.39, 0.29) is 17.9 Å². The summed E-state index contributed by atoms with van der Waals surface area (Å²) in [7, 11) is 0. The summed E-state index contributed by atoms with van der Waals surface area (Å²) in [6.45, 7) is 2.11. The molecule has 4 rings (SSSR count). The van der Waals surface area contributed by atoms with Crippen LogP contribution in [0.1, 0.15) is 45.8 Å². The van der Waals surface area contributed by atoms with E-state index >= 15 is 0 Å². The summed E-state index contributed by atoms with van der Waals surface area (Å²) < 4.78 is 6.93. The Labute approximate surface area is 161 Å². The van der Waals surface area contributed by atoms with Gasteiger partial charge in [0.25, 0.3) is 11.5 Å². The van der Waals surface area contributed by atoms with Gasteiger partial charge in [0.2, 0.25) is 0 Å². The molecule has 7 heteroatoms. The van der Waals surface area contributed by atoms with Crippen LogP contribution in [-0.4, -0.2) is 20.6 Å². The van der Waals surface area contributed by atoms with Crippen LogP contribution < -0.4 is 10.9 Å². The van der Waals surface area contributed by atoms with Crippen LogP contribution in [0.5, 0.6) is 5.75 Å². The number of aryl methyl sites for hydroxylation is 1. The van der Waals surface area contributed by atoms with Crippen molar-refractivity contribution < 1.29 is 14.3 Å². The third kappa shape index (κ3) is 3.31. The van der Waals surface area contributed by atoms with Crippen molar-refractivity contribution in [1.82, 2.24) is 9.55 Å². The SMILES string of the molecule is Cc1ccc(NC(=O)c2c(O)c3c(n(Cc4ccco4)c2=O)CCCC3)nc1. The average Bonchev–Trinajstić information content (AvgIpc) is 3.20. The van der Waals surface area contributed by atoms with E-state index in [0.29, 0.717) is 30.0 Å². The minimum absolute atomic E-state index is 0.220. The van der Waals surface area contributed by atoms with Crippen LogP contribution in [0.25, 0.3) is 0 Å². The molecule has 0 aromatic carbocycles. The Hall–Kier alpha value is -3.35. The smallest absolute Gasteiger partial charge is 0.267 e. The number of pyridine rings is 2. The number of rotatable bonds is 4. The van der Waals surface area contributed by atoms with E-state index in [1.807, 2.05) is 13.0 Å². The van der Waals surface area contributed by atoms with Gasteiger partial charge in [-0.15, -0.1) is 0 Å². The molecule has 0 aliphatic heterocycles. The average molecular weight is 379 g/mol. The third-order valence-electron chi connectivity index (χ3n) is 5.02. The number of furan rings is 1. The zero-order valence-corrected chi connectivity index (χ0v) is 15.6. The van der Waals surface area contributed by atoms with Gasteiger partial charge in [0.05, 0.1) is 12.8 Å². The number of carbonyl (C=O) groups excluding carboxylic acids is 1.